The fourth-order valence-electron chi connectivity index (χ4n) is 3.45. The number of Topliss-reactive ketones (excluding diaryl/α,β-unsaturated/α-hetero) is 1. The molecule has 138 valence electrons. The average molecular weight is 365 g/mol. The summed E-state index contributed by atoms with van der Waals surface area (Å²) in [5.41, 5.74) is 2.08. The molecule has 0 fully saturated rings. The Hall–Kier alpha value is -1.93. The first-order valence-electron chi connectivity index (χ1n) is 9.77. The summed E-state index contributed by atoms with van der Waals surface area (Å²) in [7, 11) is -1.54. The molecule has 0 aliphatic rings. The molecule has 0 radical (unpaired) electrons. The van der Waals surface area contributed by atoms with Gasteiger partial charge in [-0.1, -0.05) is 111 Å². The van der Waals surface area contributed by atoms with Crippen molar-refractivity contribution in [3.8, 4) is 0 Å². The standard InChI is InChI=1S/C24H32OSi/c1-5-6-9-18-24(26(2,3)4)22(20-14-10-7-11-15-20)19-23(25)21-16-12-8-13-17-21/h7-8,10-18,22H,5-6,9,19H2,1-4H3/b24-18-. The van der Waals surface area contributed by atoms with Gasteiger partial charge in [0.2, 0.25) is 0 Å². The number of ketones is 1. The van der Waals surface area contributed by atoms with E-state index in [4.69, 9.17) is 0 Å². The van der Waals surface area contributed by atoms with E-state index < -0.39 is 8.07 Å². The third-order valence-electron chi connectivity index (χ3n) is 4.85. The second-order valence-electron chi connectivity index (χ2n) is 8.01. The van der Waals surface area contributed by atoms with Gasteiger partial charge in [-0.25, -0.2) is 0 Å². The molecule has 0 aliphatic carbocycles. The lowest BCUT2D eigenvalue weighted by molar-refractivity contribution is 0.0978. The number of carbonyl (C=O) groups excluding carboxylic acids is 1. The zero-order chi connectivity index (χ0) is 19.0. The van der Waals surface area contributed by atoms with Crippen molar-refractivity contribution in [3.05, 3.63) is 83.1 Å². The van der Waals surface area contributed by atoms with Crippen LogP contribution in [0.1, 0.15) is 54.4 Å². The van der Waals surface area contributed by atoms with Crippen molar-refractivity contribution >= 4 is 13.9 Å². The van der Waals surface area contributed by atoms with Gasteiger partial charge >= 0.3 is 0 Å². The van der Waals surface area contributed by atoms with Crippen LogP contribution in [0.15, 0.2) is 71.9 Å². The Morgan fingerprint density at radius 3 is 2.08 bits per heavy atom. The highest BCUT2D eigenvalue weighted by atomic mass is 28.3. The molecule has 2 aromatic carbocycles. The van der Waals surface area contributed by atoms with E-state index in [0.29, 0.717) is 6.42 Å². The van der Waals surface area contributed by atoms with Crippen molar-refractivity contribution in [3.63, 3.8) is 0 Å². The quantitative estimate of drug-likeness (QED) is 0.265. The third-order valence-corrected chi connectivity index (χ3v) is 7.14. The summed E-state index contributed by atoms with van der Waals surface area (Å²) in [6.45, 7) is 9.42. The van der Waals surface area contributed by atoms with Gasteiger partial charge in [0.25, 0.3) is 0 Å². The van der Waals surface area contributed by atoms with Gasteiger partial charge < -0.3 is 0 Å². The van der Waals surface area contributed by atoms with Crippen LogP contribution in [0.3, 0.4) is 0 Å². The first kappa shape index (κ1) is 20.4. The van der Waals surface area contributed by atoms with Crippen molar-refractivity contribution in [1.82, 2.24) is 0 Å². The molecule has 0 N–H and O–H groups in total. The van der Waals surface area contributed by atoms with E-state index in [-0.39, 0.29) is 11.7 Å². The van der Waals surface area contributed by atoms with Crippen molar-refractivity contribution in [2.45, 2.75) is 58.2 Å². The van der Waals surface area contributed by atoms with Crippen LogP contribution in [-0.2, 0) is 0 Å². The lowest BCUT2D eigenvalue weighted by Gasteiger charge is -2.30. The number of unbranched alkanes of at least 4 members (excludes halogenated alkanes) is 2. The molecule has 2 rings (SSSR count). The lowest BCUT2D eigenvalue weighted by atomic mass is 9.90. The fraction of sp³-hybridized carbons (Fsp3) is 0.375. The second kappa shape index (κ2) is 9.68. The van der Waals surface area contributed by atoms with E-state index in [1.807, 2.05) is 30.3 Å². The minimum absolute atomic E-state index is 0.187. The topological polar surface area (TPSA) is 17.1 Å². The maximum atomic E-state index is 13.0. The highest BCUT2D eigenvalue weighted by molar-refractivity contribution is 6.83. The summed E-state index contributed by atoms with van der Waals surface area (Å²) >= 11 is 0. The average Bonchev–Trinajstić information content (AvgIpc) is 2.64. The smallest absolute Gasteiger partial charge is 0.163 e. The van der Waals surface area contributed by atoms with Gasteiger partial charge in [-0.2, -0.15) is 0 Å². The van der Waals surface area contributed by atoms with Crippen LogP contribution in [0.4, 0.5) is 0 Å². The predicted octanol–water partition coefficient (Wildman–Crippen LogP) is 7.04. The van der Waals surface area contributed by atoms with Gasteiger partial charge in [-0.05, 0) is 12.0 Å². The molecule has 2 aromatic rings. The summed E-state index contributed by atoms with van der Waals surface area (Å²) in [5, 5.41) is 1.52. The van der Waals surface area contributed by atoms with Gasteiger partial charge in [0.1, 0.15) is 0 Å². The number of hydrogen-bond donors (Lipinski definition) is 0. The van der Waals surface area contributed by atoms with Crippen molar-refractivity contribution in [1.29, 1.82) is 0 Å². The van der Waals surface area contributed by atoms with E-state index >= 15 is 0 Å². The van der Waals surface area contributed by atoms with E-state index in [1.165, 1.54) is 23.6 Å². The molecule has 0 saturated heterocycles. The van der Waals surface area contributed by atoms with Crippen LogP contribution in [0.5, 0.6) is 0 Å². The molecular formula is C24H32OSi. The molecular weight excluding hydrogens is 332 g/mol. The molecule has 0 saturated carbocycles. The highest BCUT2D eigenvalue weighted by Gasteiger charge is 2.29. The Morgan fingerprint density at radius 1 is 0.962 bits per heavy atom. The zero-order valence-corrected chi connectivity index (χ0v) is 17.7. The van der Waals surface area contributed by atoms with Crippen LogP contribution >= 0.6 is 0 Å². The Morgan fingerprint density at radius 2 is 1.54 bits per heavy atom. The molecule has 0 aliphatic heterocycles. The number of rotatable bonds is 9. The predicted molar refractivity (Wildman–Crippen MR) is 116 cm³/mol. The van der Waals surface area contributed by atoms with Gasteiger partial charge in [-0.3, -0.25) is 4.79 Å². The van der Waals surface area contributed by atoms with Gasteiger partial charge in [0, 0.05) is 17.9 Å². The molecule has 0 bridgehead atoms. The minimum atomic E-state index is -1.54. The first-order chi connectivity index (χ1) is 12.4. The summed E-state index contributed by atoms with van der Waals surface area (Å²) in [6, 6.07) is 20.3. The Balaban J connectivity index is 2.39. The van der Waals surface area contributed by atoms with E-state index in [9.17, 15) is 4.79 Å². The summed E-state index contributed by atoms with van der Waals surface area (Å²) < 4.78 is 0. The second-order valence-corrected chi connectivity index (χ2v) is 13.1. The number of allylic oxidation sites excluding steroid dienone is 2. The maximum absolute atomic E-state index is 13.0. The van der Waals surface area contributed by atoms with Crippen LogP contribution < -0.4 is 0 Å². The molecule has 1 unspecified atom stereocenters. The summed E-state index contributed by atoms with van der Waals surface area (Å²) in [5.74, 6) is 0.423. The van der Waals surface area contributed by atoms with Crippen LogP contribution in [0.25, 0.3) is 0 Å². The van der Waals surface area contributed by atoms with Gasteiger partial charge in [0.05, 0.1) is 8.07 Å². The Kier molecular flexibility index (Phi) is 7.59. The van der Waals surface area contributed by atoms with Crippen LogP contribution in [-0.4, -0.2) is 13.9 Å². The Labute approximate surface area is 160 Å². The van der Waals surface area contributed by atoms with Crippen molar-refractivity contribution in [2.75, 3.05) is 0 Å². The molecule has 26 heavy (non-hydrogen) atoms. The molecule has 0 spiro atoms. The monoisotopic (exact) mass is 364 g/mol. The largest absolute Gasteiger partial charge is 0.294 e. The van der Waals surface area contributed by atoms with E-state index in [2.05, 4.69) is 63.0 Å². The molecule has 1 nitrogen and oxygen atoms in total. The molecule has 2 heteroatoms. The minimum Gasteiger partial charge on any atom is -0.294 e. The summed E-state index contributed by atoms with van der Waals surface area (Å²) in [6.07, 6.45) is 6.53. The van der Waals surface area contributed by atoms with Crippen LogP contribution in [0.2, 0.25) is 19.6 Å². The molecule has 0 amide bonds. The fourth-order valence-corrected chi connectivity index (χ4v) is 5.52. The van der Waals surface area contributed by atoms with Crippen molar-refractivity contribution in [2.24, 2.45) is 0 Å². The van der Waals surface area contributed by atoms with Crippen molar-refractivity contribution < 1.29 is 4.79 Å². The van der Waals surface area contributed by atoms with E-state index in [0.717, 1.165) is 12.0 Å². The normalized spacial score (nSPS) is 13.5. The third kappa shape index (κ3) is 5.81. The maximum Gasteiger partial charge on any atom is 0.163 e. The van der Waals surface area contributed by atoms with Crippen LogP contribution in [0, 0.1) is 0 Å². The molecule has 0 heterocycles. The molecule has 0 aromatic heterocycles. The molecule has 1 atom stereocenters. The summed E-state index contributed by atoms with van der Waals surface area (Å²) in [4.78, 5) is 13.0. The van der Waals surface area contributed by atoms with E-state index in [1.54, 1.807) is 0 Å². The number of carbonyl (C=O) groups is 1. The highest BCUT2D eigenvalue weighted by Crippen LogP contribution is 2.35. The first-order valence-corrected chi connectivity index (χ1v) is 13.3. The van der Waals surface area contributed by atoms with Gasteiger partial charge in [0.15, 0.2) is 5.78 Å². The SMILES string of the molecule is CCCC/C=C(/C(CC(=O)c1ccccc1)c1ccccc1)[Si](C)(C)C. The Bertz CT molecular complexity index is 711. The lowest BCUT2D eigenvalue weighted by Crippen LogP contribution is -2.29. The number of hydrogen-bond acceptors (Lipinski definition) is 1. The van der Waals surface area contributed by atoms with Gasteiger partial charge in [-0.15, -0.1) is 0 Å². The zero-order valence-electron chi connectivity index (χ0n) is 16.7. The number of benzene rings is 2.